The number of nitrogens with zero attached hydrogens (tertiary/aromatic N) is 2. The Bertz CT molecular complexity index is 1190. The van der Waals surface area contributed by atoms with Crippen molar-refractivity contribution in [2.45, 2.75) is 26.7 Å². The molecule has 6 heteroatoms. The third-order valence-corrected chi connectivity index (χ3v) is 6.81. The maximum atomic E-state index is 13.5. The Morgan fingerprint density at radius 3 is 2.16 bits per heavy atom. The molecule has 1 aromatic heterocycles. The molecule has 5 nitrogen and oxygen atoms in total. The summed E-state index contributed by atoms with van der Waals surface area (Å²) < 4.78 is 0. The summed E-state index contributed by atoms with van der Waals surface area (Å²) in [5.41, 5.74) is 5.35. The number of aryl methyl sites for hydroxylation is 2. The molecule has 2 amide bonds. The van der Waals surface area contributed by atoms with Gasteiger partial charge in [0.25, 0.3) is 11.8 Å². The van der Waals surface area contributed by atoms with Gasteiger partial charge in [0.05, 0.1) is 11.3 Å². The summed E-state index contributed by atoms with van der Waals surface area (Å²) >= 11 is 1.46. The number of benzene rings is 2. The molecule has 3 aromatic rings. The van der Waals surface area contributed by atoms with E-state index in [1.165, 1.54) is 34.8 Å². The zero-order valence-corrected chi connectivity index (χ0v) is 19.0. The van der Waals surface area contributed by atoms with Crippen molar-refractivity contribution in [1.82, 2.24) is 0 Å². The molecule has 2 aliphatic heterocycles. The monoisotopic (exact) mass is 443 g/mol. The topological polar surface area (TPSA) is 52.7 Å². The van der Waals surface area contributed by atoms with Crippen LogP contribution in [0.1, 0.15) is 28.8 Å². The molecule has 162 valence electrons. The van der Waals surface area contributed by atoms with Crippen molar-refractivity contribution in [3.63, 3.8) is 0 Å². The van der Waals surface area contributed by atoms with E-state index in [0.717, 1.165) is 34.8 Å². The van der Waals surface area contributed by atoms with Gasteiger partial charge in [-0.1, -0.05) is 12.1 Å². The summed E-state index contributed by atoms with van der Waals surface area (Å²) in [7, 11) is 0. The lowest BCUT2D eigenvalue weighted by atomic mass is 10.1. The Kier molecular flexibility index (Phi) is 5.31. The molecule has 1 N–H and O–H groups in total. The van der Waals surface area contributed by atoms with Gasteiger partial charge in [0, 0.05) is 29.3 Å². The molecule has 1 fully saturated rings. The molecule has 0 radical (unpaired) electrons. The molecule has 1 saturated heterocycles. The predicted molar refractivity (Wildman–Crippen MR) is 131 cm³/mol. The number of thiophene rings is 1. The molecule has 32 heavy (non-hydrogen) atoms. The first-order chi connectivity index (χ1) is 15.5. The summed E-state index contributed by atoms with van der Waals surface area (Å²) in [6.45, 7) is 6.10. The summed E-state index contributed by atoms with van der Waals surface area (Å²) in [4.78, 5) is 31.4. The van der Waals surface area contributed by atoms with E-state index in [9.17, 15) is 9.59 Å². The average molecular weight is 444 g/mol. The summed E-state index contributed by atoms with van der Waals surface area (Å²) in [5, 5.41) is 5.18. The lowest BCUT2D eigenvalue weighted by molar-refractivity contribution is -0.120. The Morgan fingerprint density at radius 1 is 0.844 bits per heavy atom. The molecule has 2 aromatic carbocycles. The van der Waals surface area contributed by atoms with Crippen LogP contribution in [0.15, 0.2) is 65.7 Å². The van der Waals surface area contributed by atoms with Crippen LogP contribution >= 0.6 is 11.3 Å². The second kappa shape index (κ2) is 8.28. The number of nitrogens with one attached hydrogen (secondary N) is 1. The maximum absolute atomic E-state index is 13.5. The van der Waals surface area contributed by atoms with Gasteiger partial charge in [-0.3, -0.25) is 9.59 Å². The smallest absolute Gasteiger partial charge is 0.282 e. The van der Waals surface area contributed by atoms with Gasteiger partial charge in [0.15, 0.2) is 0 Å². The minimum absolute atomic E-state index is 0.293. The van der Waals surface area contributed by atoms with E-state index in [-0.39, 0.29) is 11.8 Å². The zero-order valence-electron chi connectivity index (χ0n) is 18.2. The first-order valence-corrected chi connectivity index (χ1v) is 11.8. The molecule has 0 saturated carbocycles. The van der Waals surface area contributed by atoms with Crippen LogP contribution < -0.4 is 15.1 Å². The highest BCUT2D eigenvalue weighted by Gasteiger charge is 2.40. The zero-order chi connectivity index (χ0) is 22.2. The fraction of sp³-hybridized carbons (Fsp3) is 0.231. The van der Waals surface area contributed by atoms with Gasteiger partial charge >= 0.3 is 0 Å². The molecule has 0 bridgehead atoms. The van der Waals surface area contributed by atoms with E-state index in [1.807, 2.05) is 61.7 Å². The Hall–Kier alpha value is -3.38. The highest BCUT2D eigenvalue weighted by atomic mass is 32.1. The van der Waals surface area contributed by atoms with Gasteiger partial charge in [0.1, 0.15) is 5.70 Å². The van der Waals surface area contributed by atoms with Crippen LogP contribution in [-0.4, -0.2) is 24.9 Å². The van der Waals surface area contributed by atoms with Crippen LogP contribution in [-0.2, 0) is 9.59 Å². The predicted octanol–water partition coefficient (Wildman–Crippen LogP) is 5.36. The Balaban J connectivity index is 1.50. The first kappa shape index (κ1) is 20.5. The van der Waals surface area contributed by atoms with E-state index in [0.29, 0.717) is 17.0 Å². The van der Waals surface area contributed by atoms with Crippen LogP contribution in [0.4, 0.5) is 17.1 Å². The van der Waals surface area contributed by atoms with Crippen molar-refractivity contribution < 1.29 is 9.59 Å². The van der Waals surface area contributed by atoms with Crippen molar-refractivity contribution in [3.05, 3.63) is 81.7 Å². The van der Waals surface area contributed by atoms with Gasteiger partial charge in [0.2, 0.25) is 0 Å². The lowest BCUT2D eigenvalue weighted by Gasteiger charge is -2.18. The van der Waals surface area contributed by atoms with Gasteiger partial charge in [-0.25, -0.2) is 4.90 Å². The molecule has 0 spiro atoms. The quantitative estimate of drug-likeness (QED) is 0.539. The van der Waals surface area contributed by atoms with Crippen molar-refractivity contribution in [2.75, 3.05) is 28.2 Å². The van der Waals surface area contributed by atoms with Crippen molar-refractivity contribution in [3.8, 4) is 0 Å². The minimum Gasteiger partial charge on any atom is -0.372 e. The van der Waals surface area contributed by atoms with Crippen molar-refractivity contribution in [2.24, 2.45) is 0 Å². The fourth-order valence-corrected chi connectivity index (χ4v) is 5.25. The molecule has 0 aliphatic carbocycles. The SMILES string of the molecule is Cc1cc(C)cc(N2C(=O)C(Nc3ccc(N4CCCC4)cc3)=C(c3cccs3)C2=O)c1. The molecule has 0 atom stereocenters. The fourth-order valence-electron chi connectivity index (χ4n) is 4.48. The first-order valence-electron chi connectivity index (χ1n) is 10.9. The Morgan fingerprint density at radius 2 is 1.53 bits per heavy atom. The number of carbonyl (C=O) groups is 2. The van der Waals surface area contributed by atoms with Crippen LogP contribution in [0, 0.1) is 13.8 Å². The molecule has 3 heterocycles. The number of rotatable bonds is 5. The van der Waals surface area contributed by atoms with Gasteiger partial charge in [-0.05, 0) is 85.7 Å². The van der Waals surface area contributed by atoms with Gasteiger partial charge in [-0.2, -0.15) is 0 Å². The normalized spacial score (nSPS) is 16.4. The highest BCUT2D eigenvalue weighted by molar-refractivity contribution is 7.11. The maximum Gasteiger partial charge on any atom is 0.282 e. The Labute approximate surface area is 192 Å². The second-order valence-corrected chi connectivity index (χ2v) is 9.33. The number of imide groups is 1. The van der Waals surface area contributed by atoms with E-state index in [4.69, 9.17) is 0 Å². The highest BCUT2D eigenvalue weighted by Crippen LogP contribution is 2.36. The third-order valence-electron chi connectivity index (χ3n) is 5.92. The van der Waals surface area contributed by atoms with Crippen LogP contribution in [0.3, 0.4) is 0 Å². The number of anilines is 3. The van der Waals surface area contributed by atoms with Crippen LogP contribution in [0.5, 0.6) is 0 Å². The molecule has 0 unspecified atom stereocenters. The number of hydrogen-bond acceptors (Lipinski definition) is 5. The molecule has 5 rings (SSSR count). The average Bonchev–Trinajstić information content (AvgIpc) is 3.51. The van der Waals surface area contributed by atoms with Crippen molar-refractivity contribution in [1.29, 1.82) is 0 Å². The molecule has 2 aliphatic rings. The van der Waals surface area contributed by atoms with Crippen LogP contribution in [0.25, 0.3) is 5.57 Å². The van der Waals surface area contributed by atoms with Crippen molar-refractivity contribution >= 4 is 45.8 Å². The second-order valence-electron chi connectivity index (χ2n) is 8.38. The largest absolute Gasteiger partial charge is 0.372 e. The van der Waals surface area contributed by atoms with Crippen LogP contribution in [0.2, 0.25) is 0 Å². The summed E-state index contributed by atoms with van der Waals surface area (Å²) in [6, 6.07) is 17.7. The van der Waals surface area contributed by atoms with E-state index in [1.54, 1.807) is 0 Å². The van der Waals surface area contributed by atoms with Gasteiger partial charge in [-0.15, -0.1) is 11.3 Å². The van der Waals surface area contributed by atoms with E-state index >= 15 is 0 Å². The number of amides is 2. The lowest BCUT2D eigenvalue weighted by Crippen LogP contribution is -2.32. The van der Waals surface area contributed by atoms with E-state index < -0.39 is 0 Å². The summed E-state index contributed by atoms with van der Waals surface area (Å²) in [5.74, 6) is -0.620. The minimum atomic E-state index is -0.327. The van der Waals surface area contributed by atoms with Gasteiger partial charge < -0.3 is 10.2 Å². The molecular weight excluding hydrogens is 418 g/mol. The third kappa shape index (κ3) is 3.71. The number of carbonyl (C=O) groups excluding carboxylic acids is 2. The number of hydrogen-bond donors (Lipinski definition) is 1. The van der Waals surface area contributed by atoms with E-state index in [2.05, 4.69) is 22.3 Å². The standard InChI is InChI=1S/C26H25N3O2S/c1-17-14-18(2)16-21(15-17)29-25(30)23(22-6-5-13-32-22)24(26(29)31)27-19-7-9-20(10-8-19)28-11-3-4-12-28/h5-10,13-16,27H,3-4,11-12H2,1-2H3. The summed E-state index contributed by atoms with van der Waals surface area (Å²) in [6.07, 6.45) is 2.45. The molecular formula is C26H25N3O2S.